The van der Waals surface area contributed by atoms with Crippen molar-refractivity contribution in [2.75, 3.05) is 18.0 Å². The van der Waals surface area contributed by atoms with E-state index >= 15 is 0 Å². The lowest BCUT2D eigenvalue weighted by molar-refractivity contribution is 0.100. The van der Waals surface area contributed by atoms with E-state index in [9.17, 15) is 4.79 Å². The number of benzene rings is 1. The molecule has 2 aromatic rings. The molecule has 2 nitrogen and oxygen atoms in total. The van der Waals surface area contributed by atoms with Crippen molar-refractivity contribution < 1.29 is 4.79 Å². The maximum Gasteiger partial charge on any atom is 0.191 e. The van der Waals surface area contributed by atoms with Crippen LogP contribution in [-0.4, -0.2) is 18.9 Å². The molecule has 3 heteroatoms. The highest BCUT2D eigenvalue weighted by Gasteiger charge is 2.23. The molecule has 0 N–H and O–H groups in total. The number of para-hydroxylation sites is 1. The van der Waals surface area contributed by atoms with Crippen LogP contribution in [0.4, 0.5) is 5.69 Å². The first-order valence-electron chi connectivity index (χ1n) is 7.06. The van der Waals surface area contributed by atoms with Crippen LogP contribution in [0.15, 0.2) is 36.4 Å². The molecule has 1 aromatic heterocycles. The molecule has 0 aliphatic carbocycles. The number of carbonyl (C=O) groups excluding carboxylic acids is 1. The molecule has 0 saturated carbocycles. The zero-order valence-electron chi connectivity index (χ0n) is 11.9. The van der Waals surface area contributed by atoms with E-state index in [-0.39, 0.29) is 5.78 Å². The van der Waals surface area contributed by atoms with E-state index in [2.05, 4.69) is 36.1 Å². The number of rotatable bonds is 3. The fourth-order valence-corrected chi connectivity index (χ4v) is 3.69. The highest BCUT2D eigenvalue weighted by molar-refractivity contribution is 7.14. The van der Waals surface area contributed by atoms with E-state index in [1.165, 1.54) is 16.1 Å². The average Bonchev–Trinajstić information content (AvgIpc) is 2.85. The van der Waals surface area contributed by atoms with E-state index in [4.69, 9.17) is 0 Å². The minimum atomic E-state index is 0.229. The number of aryl methyl sites for hydroxylation is 1. The van der Waals surface area contributed by atoms with Crippen LogP contribution in [0, 0.1) is 12.8 Å². The Labute approximate surface area is 124 Å². The van der Waals surface area contributed by atoms with Gasteiger partial charge in [-0.2, -0.15) is 0 Å². The Kier molecular flexibility index (Phi) is 3.62. The van der Waals surface area contributed by atoms with Crippen molar-refractivity contribution in [3.05, 3.63) is 51.7 Å². The van der Waals surface area contributed by atoms with Gasteiger partial charge in [0, 0.05) is 17.1 Å². The lowest BCUT2D eigenvalue weighted by atomic mass is 9.94. The zero-order chi connectivity index (χ0) is 14.1. The van der Waals surface area contributed by atoms with Crippen LogP contribution in [0.25, 0.3) is 0 Å². The Morgan fingerprint density at radius 1 is 1.30 bits per heavy atom. The van der Waals surface area contributed by atoms with Crippen molar-refractivity contribution in [2.24, 2.45) is 5.92 Å². The summed E-state index contributed by atoms with van der Waals surface area (Å²) < 4.78 is 0. The molecular weight excluding hydrogens is 266 g/mol. The third kappa shape index (κ3) is 2.63. The molecule has 20 heavy (non-hydrogen) atoms. The van der Waals surface area contributed by atoms with Crippen LogP contribution in [0.3, 0.4) is 0 Å². The Bertz CT molecular complexity index is 631. The smallest absolute Gasteiger partial charge is 0.191 e. The van der Waals surface area contributed by atoms with Gasteiger partial charge in [0.25, 0.3) is 0 Å². The molecule has 0 radical (unpaired) electrons. The topological polar surface area (TPSA) is 20.3 Å². The van der Waals surface area contributed by atoms with Crippen molar-refractivity contribution >= 4 is 22.8 Å². The molecule has 0 saturated heterocycles. The molecule has 0 spiro atoms. The molecule has 0 amide bonds. The molecular formula is C17H19NOS. The van der Waals surface area contributed by atoms with Gasteiger partial charge in [0.15, 0.2) is 5.78 Å². The van der Waals surface area contributed by atoms with Gasteiger partial charge in [-0.25, -0.2) is 0 Å². The van der Waals surface area contributed by atoms with Crippen LogP contribution in [0.1, 0.15) is 27.0 Å². The van der Waals surface area contributed by atoms with Crippen molar-refractivity contribution in [2.45, 2.75) is 20.3 Å². The van der Waals surface area contributed by atoms with Crippen molar-refractivity contribution in [3.8, 4) is 0 Å². The fourth-order valence-electron chi connectivity index (χ4n) is 2.89. The van der Waals surface area contributed by atoms with Gasteiger partial charge in [0.2, 0.25) is 0 Å². The van der Waals surface area contributed by atoms with Gasteiger partial charge in [0.1, 0.15) is 0 Å². The van der Waals surface area contributed by atoms with Gasteiger partial charge in [-0.3, -0.25) is 4.79 Å². The minimum absolute atomic E-state index is 0.229. The molecule has 3 rings (SSSR count). The summed E-state index contributed by atoms with van der Waals surface area (Å²) in [4.78, 5) is 16.7. The molecule has 104 valence electrons. The summed E-state index contributed by atoms with van der Waals surface area (Å²) in [5.41, 5.74) is 2.59. The van der Waals surface area contributed by atoms with Crippen LogP contribution < -0.4 is 4.90 Å². The largest absolute Gasteiger partial charge is 0.363 e. The molecule has 0 bridgehead atoms. The second-order valence-electron chi connectivity index (χ2n) is 5.65. The number of nitrogens with zero attached hydrogens (tertiary/aromatic N) is 1. The number of hydrogen-bond donors (Lipinski definition) is 0. The number of Topliss-reactive ketones (excluding diaryl/α,β-unsaturated/α-hetero) is 1. The second kappa shape index (κ2) is 5.41. The lowest BCUT2D eigenvalue weighted by Crippen LogP contribution is -2.37. The molecule has 1 aliphatic heterocycles. The number of thiophene rings is 1. The summed E-state index contributed by atoms with van der Waals surface area (Å²) in [6, 6.07) is 12.4. The predicted molar refractivity (Wildman–Crippen MR) is 84.9 cm³/mol. The Hall–Kier alpha value is -1.61. The SMILES string of the molecule is Cc1ccc(C(=O)CN2CC(C)Cc3ccccc32)s1. The van der Waals surface area contributed by atoms with Gasteiger partial charge >= 0.3 is 0 Å². The number of anilines is 1. The molecule has 1 atom stereocenters. The molecule has 0 fully saturated rings. The monoisotopic (exact) mass is 285 g/mol. The van der Waals surface area contributed by atoms with Crippen LogP contribution in [-0.2, 0) is 6.42 Å². The van der Waals surface area contributed by atoms with E-state index in [1.807, 2.05) is 19.1 Å². The van der Waals surface area contributed by atoms with Gasteiger partial charge in [-0.15, -0.1) is 11.3 Å². The maximum atomic E-state index is 12.4. The number of hydrogen-bond acceptors (Lipinski definition) is 3. The first-order valence-corrected chi connectivity index (χ1v) is 7.87. The maximum absolute atomic E-state index is 12.4. The molecule has 2 heterocycles. The van der Waals surface area contributed by atoms with Gasteiger partial charge < -0.3 is 4.90 Å². The van der Waals surface area contributed by atoms with Crippen molar-refractivity contribution in [1.29, 1.82) is 0 Å². The summed E-state index contributed by atoms with van der Waals surface area (Å²) in [5, 5.41) is 0. The van der Waals surface area contributed by atoms with Gasteiger partial charge in [-0.05, 0) is 43.0 Å². The Balaban J connectivity index is 1.82. The lowest BCUT2D eigenvalue weighted by Gasteiger charge is -2.34. The Morgan fingerprint density at radius 3 is 2.85 bits per heavy atom. The quantitative estimate of drug-likeness (QED) is 0.796. The number of ketones is 1. The summed E-state index contributed by atoms with van der Waals surface area (Å²) in [6.45, 7) is 5.75. The van der Waals surface area contributed by atoms with Crippen molar-refractivity contribution in [3.63, 3.8) is 0 Å². The van der Waals surface area contributed by atoms with Crippen LogP contribution in [0.5, 0.6) is 0 Å². The van der Waals surface area contributed by atoms with Crippen LogP contribution >= 0.6 is 11.3 Å². The van der Waals surface area contributed by atoms with Gasteiger partial charge in [0.05, 0.1) is 11.4 Å². The normalized spacial score (nSPS) is 17.9. The fraction of sp³-hybridized carbons (Fsp3) is 0.353. The van der Waals surface area contributed by atoms with Crippen molar-refractivity contribution in [1.82, 2.24) is 0 Å². The summed E-state index contributed by atoms with van der Waals surface area (Å²) in [7, 11) is 0. The third-order valence-corrected chi connectivity index (χ3v) is 4.82. The highest BCUT2D eigenvalue weighted by atomic mass is 32.1. The van der Waals surface area contributed by atoms with E-state index in [0.29, 0.717) is 12.5 Å². The van der Waals surface area contributed by atoms with E-state index in [0.717, 1.165) is 17.8 Å². The summed E-state index contributed by atoms with van der Waals surface area (Å²) in [6.07, 6.45) is 1.11. The first-order chi connectivity index (χ1) is 9.63. The van der Waals surface area contributed by atoms with E-state index < -0.39 is 0 Å². The standard InChI is InChI=1S/C17H19NOS/c1-12-9-14-5-3-4-6-15(14)18(10-12)11-16(19)17-8-7-13(2)20-17/h3-8,12H,9-11H2,1-2H3. The molecule has 1 unspecified atom stereocenters. The summed E-state index contributed by atoms with van der Waals surface area (Å²) in [5.74, 6) is 0.828. The molecule has 1 aliphatic rings. The average molecular weight is 285 g/mol. The minimum Gasteiger partial charge on any atom is -0.363 e. The van der Waals surface area contributed by atoms with Crippen LogP contribution in [0.2, 0.25) is 0 Å². The Morgan fingerprint density at radius 2 is 2.10 bits per heavy atom. The second-order valence-corrected chi connectivity index (χ2v) is 6.94. The third-order valence-electron chi connectivity index (χ3n) is 3.78. The summed E-state index contributed by atoms with van der Waals surface area (Å²) >= 11 is 1.59. The predicted octanol–water partition coefficient (Wildman–Crippen LogP) is 3.94. The molecule has 1 aromatic carbocycles. The first kappa shape index (κ1) is 13.4. The highest BCUT2D eigenvalue weighted by Crippen LogP contribution is 2.29. The van der Waals surface area contributed by atoms with Gasteiger partial charge in [-0.1, -0.05) is 25.1 Å². The number of carbonyl (C=O) groups is 1. The van der Waals surface area contributed by atoms with E-state index in [1.54, 1.807) is 11.3 Å². The zero-order valence-corrected chi connectivity index (χ0v) is 12.7. The number of fused-ring (bicyclic) bond motifs is 1.